The van der Waals surface area contributed by atoms with Gasteiger partial charge in [0, 0.05) is 17.9 Å². The van der Waals surface area contributed by atoms with Crippen LogP contribution >= 0.6 is 0 Å². The smallest absolute Gasteiger partial charge is 0.367 e. The van der Waals surface area contributed by atoms with Crippen LogP contribution in [0, 0.1) is 0 Å². The second-order valence-electron chi connectivity index (χ2n) is 6.33. The summed E-state index contributed by atoms with van der Waals surface area (Å²) in [5.74, 6) is 0.0211. The van der Waals surface area contributed by atoms with Gasteiger partial charge in [-0.05, 0) is 55.4 Å². The molecular weight excluding hydrogens is 317 g/mol. The van der Waals surface area contributed by atoms with Gasteiger partial charge in [0.25, 0.3) is 0 Å². The predicted molar refractivity (Wildman–Crippen MR) is 85.4 cm³/mol. The van der Waals surface area contributed by atoms with Gasteiger partial charge in [0.1, 0.15) is 11.4 Å². The fraction of sp³-hybridized carbons (Fsp3) is 0.412. The first-order valence-electron chi connectivity index (χ1n) is 8.08. The molecule has 4 rings (SSSR count). The maximum atomic E-state index is 13.1. The van der Waals surface area contributed by atoms with E-state index in [0.717, 1.165) is 44.0 Å². The molecule has 0 radical (unpaired) electrons. The molecule has 0 amide bonds. The van der Waals surface area contributed by atoms with Gasteiger partial charge in [0.15, 0.2) is 0 Å². The number of hydrogen-bond acceptors (Lipinski definition) is 4. The number of halogens is 3. The molecule has 1 saturated carbocycles. The summed E-state index contributed by atoms with van der Waals surface area (Å²) >= 11 is 0. The van der Waals surface area contributed by atoms with Crippen molar-refractivity contribution in [1.29, 1.82) is 0 Å². The van der Waals surface area contributed by atoms with E-state index in [1.54, 1.807) is 0 Å². The third-order valence-electron chi connectivity index (χ3n) is 4.37. The third kappa shape index (κ3) is 3.16. The Morgan fingerprint density at radius 1 is 1.08 bits per heavy atom. The van der Waals surface area contributed by atoms with Crippen molar-refractivity contribution in [3.05, 3.63) is 41.1 Å². The molecule has 24 heavy (non-hydrogen) atoms. The van der Waals surface area contributed by atoms with Crippen molar-refractivity contribution in [3.63, 3.8) is 0 Å². The normalized spacial score (nSPS) is 16.8. The fourth-order valence-corrected chi connectivity index (χ4v) is 2.96. The maximum absolute atomic E-state index is 13.1. The molecule has 0 unspecified atom stereocenters. The summed E-state index contributed by atoms with van der Waals surface area (Å²) in [4.78, 5) is 7.89. The van der Waals surface area contributed by atoms with Gasteiger partial charge in [0.05, 0.1) is 0 Å². The molecule has 1 heterocycles. The number of hydrogen-bond donors (Lipinski definition) is 2. The standard InChI is InChI=1S/C17H17F3N4/c18-17(19,20)14-9-21-16(24-15(14)22-12-6-7-12)23-13-5-4-10-2-1-3-11(10)8-13/h4-5,8-9,12H,1-3,6-7H2,(H2,21,22,23,24). The lowest BCUT2D eigenvalue weighted by atomic mass is 10.1. The van der Waals surface area contributed by atoms with Crippen LogP contribution < -0.4 is 10.6 Å². The van der Waals surface area contributed by atoms with Crippen molar-refractivity contribution in [1.82, 2.24) is 9.97 Å². The van der Waals surface area contributed by atoms with Crippen LogP contribution in [-0.2, 0) is 19.0 Å². The molecule has 0 atom stereocenters. The highest BCUT2D eigenvalue weighted by Gasteiger charge is 2.36. The molecule has 2 N–H and O–H groups in total. The van der Waals surface area contributed by atoms with Gasteiger partial charge in [-0.1, -0.05) is 6.07 Å². The number of aryl methyl sites for hydroxylation is 2. The predicted octanol–water partition coefficient (Wildman–Crippen LogP) is 4.30. The minimum Gasteiger partial charge on any atom is -0.367 e. The SMILES string of the molecule is FC(F)(F)c1cnc(Nc2ccc3c(c2)CCC3)nc1NC1CC1. The Hall–Kier alpha value is -2.31. The summed E-state index contributed by atoms with van der Waals surface area (Å²) in [6.07, 6.45) is 1.38. The van der Waals surface area contributed by atoms with Gasteiger partial charge >= 0.3 is 6.18 Å². The molecule has 7 heteroatoms. The van der Waals surface area contributed by atoms with Crippen molar-refractivity contribution in [3.8, 4) is 0 Å². The molecule has 2 aliphatic carbocycles. The maximum Gasteiger partial charge on any atom is 0.421 e. The molecule has 0 spiro atoms. The average molecular weight is 334 g/mol. The number of nitrogens with one attached hydrogen (secondary N) is 2. The number of benzene rings is 1. The van der Waals surface area contributed by atoms with Crippen LogP contribution in [0.2, 0.25) is 0 Å². The molecular formula is C17H17F3N4. The lowest BCUT2D eigenvalue weighted by Gasteiger charge is -2.14. The number of fused-ring (bicyclic) bond motifs is 1. The van der Waals surface area contributed by atoms with E-state index in [1.807, 2.05) is 12.1 Å². The van der Waals surface area contributed by atoms with Crippen LogP contribution in [0.3, 0.4) is 0 Å². The second-order valence-corrected chi connectivity index (χ2v) is 6.33. The Bertz CT molecular complexity index is 769. The van der Waals surface area contributed by atoms with Gasteiger partial charge in [0.2, 0.25) is 5.95 Å². The summed E-state index contributed by atoms with van der Waals surface area (Å²) in [5, 5.41) is 5.86. The highest BCUT2D eigenvalue weighted by molar-refractivity contribution is 5.59. The Morgan fingerprint density at radius 2 is 1.88 bits per heavy atom. The molecule has 0 saturated heterocycles. The number of anilines is 3. The molecule has 1 fully saturated rings. The van der Waals surface area contributed by atoms with Gasteiger partial charge < -0.3 is 10.6 Å². The molecule has 1 aromatic heterocycles. The molecule has 1 aromatic carbocycles. The lowest BCUT2D eigenvalue weighted by Crippen LogP contribution is -2.15. The third-order valence-corrected chi connectivity index (χ3v) is 4.37. The number of alkyl halides is 3. The Balaban J connectivity index is 1.61. The van der Waals surface area contributed by atoms with Crippen molar-refractivity contribution < 1.29 is 13.2 Å². The first-order valence-corrected chi connectivity index (χ1v) is 8.08. The monoisotopic (exact) mass is 334 g/mol. The van der Waals surface area contributed by atoms with E-state index in [9.17, 15) is 13.2 Å². The quantitative estimate of drug-likeness (QED) is 0.875. The van der Waals surface area contributed by atoms with Crippen LogP contribution in [0.15, 0.2) is 24.4 Å². The zero-order valence-electron chi connectivity index (χ0n) is 13.0. The van der Waals surface area contributed by atoms with Crippen LogP contribution in [0.25, 0.3) is 0 Å². The average Bonchev–Trinajstić information content (AvgIpc) is 3.21. The summed E-state index contributed by atoms with van der Waals surface area (Å²) in [6, 6.07) is 6.07. The van der Waals surface area contributed by atoms with Gasteiger partial charge in [-0.2, -0.15) is 18.2 Å². The molecule has 2 aliphatic rings. The van der Waals surface area contributed by atoms with Gasteiger partial charge in [-0.3, -0.25) is 0 Å². The summed E-state index contributed by atoms with van der Waals surface area (Å²) < 4.78 is 39.3. The highest BCUT2D eigenvalue weighted by Crippen LogP contribution is 2.36. The van der Waals surface area contributed by atoms with E-state index in [2.05, 4.69) is 26.7 Å². The minimum atomic E-state index is -4.47. The highest BCUT2D eigenvalue weighted by atomic mass is 19.4. The van der Waals surface area contributed by atoms with Crippen LogP contribution in [0.4, 0.5) is 30.6 Å². The van der Waals surface area contributed by atoms with E-state index in [-0.39, 0.29) is 17.8 Å². The molecule has 2 aromatic rings. The first-order chi connectivity index (χ1) is 11.5. The Kier molecular flexibility index (Phi) is 3.58. The fourth-order valence-electron chi connectivity index (χ4n) is 2.96. The van der Waals surface area contributed by atoms with Crippen molar-refractivity contribution in [2.24, 2.45) is 0 Å². The van der Waals surface area contributed by atoms with E-state index >= 15 is 0 Å². The van der Waals surface area contributed by atoms with Crippen molar-refractivity contribution in [2.75, 3.05) is 10.6 Å². The van der Waals surface area contributed by atoms with Crippen molar-refractivity contribution >= 4 is 17.5 Å². The van der Waals surface area contributed by atoms with E-state index < -0.39 is 11.7 Å². The van der Waals surface area contributed by atoms with Crippen LogP contribution in [0.5, 0.6) is 0 Å². The van der Waals surface area contributed by atoms with E-state index in [4.69, 9.17) is 0 Å². The molecule has 0 aliphatic heterocycles. The number of rotatable bonds is 4. The molecule has 0 bridgehead atoms. The lowest BCUT2D eigenvalue weighted by molar-refractivity contribution is -0.137. The first kappa shape index (κ1) is 15.2. The zero-order chi connectivity index (χ0) is 16.7. The van der Waals surface area contributed by atoms with Crippen LogP contribution in [0.1, 0.15) is 36.0 Å². The van der Waals surface area contributed by atoms with Gasteiger partial charge in [-0.25, -0.2) is 4.98 Å². The summed E-state index contributed by atoms with van der Waals surface area (Å²) in [5.41, 5.74) is 2.59. The van der Waals surface area contributed by atoms with Gasteiger partial charge in [-0.15, -0.1) is 0 Å². The van der Waals surface area contributed by atoms with Crippen LogP contribution in [-0.4, -0.2) is 16.0 Å². The number of nitrogens with zero attached hydrogens (tertiary/aromatic N) is 2. The molecule has 4 nitrogen and oxygen atoms in total. The minimum absolute atomic E-state index is 0.0776. The summed E-state index contributed by atoms with van der Waals surface area (Å²) in [6.45, 7) is 0. The van der Waals surface area contributed by atoms with E-state index in [0.29, 0.717) is 0 Å². The number of aromatic nitrogens is 2. The summed E-state index contributed by atoms with van der Waals surface area (Å²) in [7, 11) is 0. The Morgan fingerprint density at radius 3 is 2.62 bits per heavy atom. The van der Waals surface area contributed by atoms with Crippen molar-refractivity contribution in [2.45, 2.75) is 44.3 Å². The molecule has 126 valence electrons. The Labute approximate surface area is 137 Å². The second kappa shape index (κ2) is 5.65. The topological polar surface area (TPSA) is 49.8 Å². The largest absolute Gasteiger partial charge is 0.421 e. The van der Waals surface area contributed by atoms with E-state index in [1.165, 1.54) is 11.1 Å². The zero-order valence-corrected chi connectivity index (χ0v) is 13.0.